The highest BCUT2D eigenvalue weighted by Crippen LogP contribution is 2.29. The van der Waals surface area contributed by atoms with Gasteiger partial charge in [-0.1, -0.05) is 29.5 Å². The third kappa shape index (κ3) is 2.77. The maximum Gasteiger partial charge on any atom is 0.453 e. The summed E-state index contributed by atoms with van der Waals surface area (Å²) in [5, 5.41) is 12.7. The van der Waals surface area contributed by atoms with E-state index in [0.717, 1.165) is 22.5 Å². The highest BCUT2D eigenvalue weighted by molar-refractivity contribution is 7.18. The number of halogens is 3. The Hall–Kier alpha value is -2.49. The highest BCUT2D eigenvalue weighted by atomic mass is 32.1. The molecule has 3 aromatic rings. The molecule has 0 fully saturated rings. The number of aromatic nitrogens is 4. The second kappa shape index (κ2) is 5.30. The molecule has 120 valence electrons. The SMILES string of the molecule is Cc1cccc(C)c1NC(=O)c1nn2c(C(F)(F)F)nnc2s1. The van der Waals surface area contributed by atoms with Crippen LogP contribution in [0.5, 0.6) is 0 Å². The average Bonchev–Trinajstić information content (AvgIpc) is 3.01. The Bertz CT molecular complexity index is 879. The van der Waals surface area contributed by atoms with E-state index in [-0.39, 0.29) is 9.97 Å². The van der Waals surface area contributed by atoms with Gasteiger partial charge in [-0.3, -0.25) is 4.79 Å². The predicted octanol–water partition coefficient (Wildman–Crippen LogP) is 3.07. The van der Waals surface area contributed by atoms with E-state index < -0.39 is 17.9 Å². The molecule has 6 nitrogen and oxygen atoms in total. The van der Waals surface area contributed by atoms with Crippen molar-refractivity contribution in [2.45, 2.75) is 20.0 Å². The zero-order valence-corrected chi connectivity index (χ0v) is 12.8. The third-order valence-electron chi connectivity index (χ3n) is 3.16. The van der Waals surface area contributed by atoms with Crippen LogP contribution < -0.4 is 5.32 Å². The largest absolute Gasteiger partial charge is 0.453 e. The van der Waals surface area contributed by atoms with Crippen molar-refractivity contribution in [1.29, 1.82) is 0 Å². The van der Waals surface area contributed by atoms with Crippen molar-refractivity contribution >= 4 is 27.9 Å². The molecule has 10 heteroatoms. The van der Waals surface area contributed by atoms with E-state index in [9.17, 15) is 18.0 Å². The van der Waals surface area contributed by atoms with Crippen LogP contribution in [-0.2, 0) is 6.18 Å². The molecule has 2 heterocycles. The molecular formula is C13H10F3N5OS. The molecule has 1 aromatic carbocycles. The third-order valence-corrected chi connectivity index (χ3v) is 4.06. The fourth-order valence-corrected chi connectivity index (χ4v) is 2.80. The van der Waals surface area contributed by atoms with Crippen molar-refractivity contribution < 1.29 is 18.0 Å². The Morgan fingerprint density at radius 2 is 1.87 bits per heavy atom. The van der Waals surface area contributed by atoms with Crippen LogP contribution in [0.3, 0.4) is 0 Å². The average molecular weight is 341 g/mol. The number of anilines is 1. The molecular weight excluding hydrogens is 331 g/mol. The fourth-order valence-electron chi connectivity index (χ4n) is 2.06. The lowest BCUT2D eigenvalue weighted by Crippen LogP contribution is -2.15. The first kappa shape index (κ1) is 15.4. The van der Waals surface area contributed by atoms with Crippen molar-refractivity contribution in [3.8, 4) is 0 Å². The summed E-state index contributed by atoms with van der Waals surface area (Å²) in [7, 11) is 0. The molecule has 0 aliphatic carbocycles. The lowest BCUT2D eigenvalue weighted by molar-refractivity contribution is -0.146. The molecule has 0 radical (unpaired) electrons. The van der Waals surface area contributed by atoms with Crippen molar-refractivity contribution in [3.05, 3.63) is 40.2 Å². The van der Waals surface area contributed by atoms with E-state index in [0.29, 0.717) is 10.2 Å². The first-order chi connectivity index (χ1) is 10.8. The minimum absolute atomic E-state index is 0.0935. The zero-order valence-electron chi connectivity index (χ0n) is 12.0. The van der Waals surface area contributed by atoms with Crippen molar-refractivity contribution in [1.82, 2.24) is 19.8 Å². The standard InChI is InChI=1S/C13H10F3N5OS/c1-6-4-3-5-7(2)8(6)17-9(22)10-20-21-11(13(14,15)16)18-19-12(21)23-10/h3-5H,1-2H3,(H,17,22). The number of aryl methyl sites for hydroxylation is 2. The maximum atomic E-state index is 12.8. The number of rotatable bonds is 2. The first-order valence-electron chi connectivity index (χ1n) is 6.44. The van der Waals surface area contributed by atoms with Crippen LogP contribution in [0.4, 0.5) is 18.9 Å². The molecule has 0 saturated carbocycles. The number of hydrogen-bond donors (Lipinski definition) is 1. The lowest BCUT2D eigenvalue weighted by Gasteiger charge is -2.09. The number of carbonyl (C=O) groups is 1. The fraction of sp³-hybridized carbons (Fsp3) is 0.231. The Morgan fingerprint density at radius 1 is 1.22 bits per heavy atom. The number of para-hydroxylation sites is 1. The molecule has 1 amide bonds. The monoisotopic (exact) mass is 341 g/mol. The predicted molar refractivity (Wildman–Crippen MR) is 77.5 cm³/mol. The van der Waals surface area contributed by atoms with Crippen LogP contribution in [-0.4, -0.2) is 25.7 Å². The van der Waals surface area contributed by atoms with Gasteiger partial charge in [0.05, 0.1) is 0 Å². The van der Waals surface area contributed by atoms with Gasteiger partial charge in [0.1, 0.15) is 0 Å². The van der Waals surface area contributed by atoms with Gasteiger partial charge >= 0.3 is 6.18 Å². The Labute approximate surface area is 132 Å². The number of benzene rings is 1. The normalized spacial score (nSPS) is 11.9. The van der Waals surface area contributed by atoms with Gasteiger partial charge in [-0.15, -0.1) is 15.3 Å². The van der Waals surface area contributed by atoms with E-state index in [1.165, 1.54) is 0 Å². The van der Waals surface area contributed by atoms with Crippen LogP contribution >= 0.6 is 11.3 Å². The van der Waals surface area contributed by atoms with Crippen LogP contribution in [0.1, 0.15) is 26.8 Å². The van der Waals surface area contributed by atoms with E-state index in [1.807, 2.05) is 32.0 Å². The smallest absolute Gasteiger partial charge is 0.319 e. The van der Waals surface area contributed by atoms with Gasteiger partial charge in [-0.2, -0.15) is 17.7 Å². The molecule has 0 aliphatic rings. The minimum Gasteiger partial charge on any atom is -0.319 e. The number of amides is 1. The number of fused-ring (bicyclic) bond motifs is 1. The summed E-state index contributed by atoms with van der Waals surface area (Å²) in [5.41, 5.74) is 2.30. The van der Waals surface area contributed by atoms with Gasteiger partial charge in [0.2, 0.25) is 9.97 Å². The van der Waals surface area contributed by atoms with Crippen molar-refractivity contribution in [3.63, 3.8) is 0 Å². The number of nitrogens with one attached hydrogen (secondary N) is 1. The van der Waals surface area contributed by atoms with Gasteiger partial charge in [0, 0.05) is 5.69 Å². The van der Waals surface area contributed by atoms with E-state index in [1.54, 1.807) is 0 Å². The Kier molecular flexibility index (Phi) is 3.55. The van der Waals surface area contributed by atoms with Crippen LogP contribution in [0.2, 0.25) is 0 Å². The van der Waals surface area contributed by atoms with Crippen molar-refractivity contribution in [2.75, 3.05) is 5.32 Å². The second-order valence-corrected chi connectivity index (χ2v) is 5.80. The van der Waals surface area contributed by atoms with Crippen LogP contribution in [0, 0.1) is 13.8 Å². The Balaban J connectivity index is 1.94. The number of nitrogens with zero attached hydrogens (tertiary/aromatic N) is 4. The van der Waals surface area contributed by atoms with Gasteiger partial charge in [-0.05, 0) is 25.0 Å². The van der Waals surface area contributed by atoms with Crippen LogP contribution in [0.25, 0.3) is 4.96 Å². The van der Waals surface area contributed by atoms with E-state index in [4.69, 9.17) is 0 Å². The number of hydrogen-bond acceptors (Lipinski definition) is 5. The minimum atomic E-state index is -4.69. The van der Waals surface area contributed by atoms with Gasteiger partial charge in [-0.25, -0.2) is 0 Å². The summed E-state index contributed by atoms with van der Waals surface area (Å²) in [4.78, 5) is 12.1. The molecule has 0 aliphatic heterocycles. The van der Waals surface area contributed by atoms with E-state index >= 15 is 0 Å². The summed E-state index contributed by atoms with van der Waals surface area (Å²) >= 11 is 0.739. The molecule has 3 rings (SSSR count). The lowest BCUT2D eigenvalue weighted by atomic mass is 10.1. The summed E-state index contributed by atoms with van der Waals surface area (Å²) in [5.74, 6) is -1.85. The Morgan fingerprint density at radius 3 is 2.48 bits per heavy atom. The zero-order chi connectivity index (χ0) is 16.8. The van der Waals surface area contributed by atoms with Crippen molar-refractivity contribution in [2.24, 2.45) is 0 Å². The van der Waals surface area contributed by atoms with Gasteiger partial charge < -0.3 is 5.32 Å². The molecule has 0 spiro atoms. The number of carbonyl (C=O) groups excluding carboxylic acids is 1. The topological polar surface area (TPSA) is 72.2 Å². The molecule has 2 aromatic heterocycles. The van der Waals surface area contributed by atoms with Gasteiger partial charge in [0.15, 0.2) is 0 Å². The molecule has 0 saturated heterocycles. The quantitative estimate of drug-likeness (QED) is 0.777. The van der Waals surface area contributed by atoms with Crippen LogP contribution in [0.15, 0.2) is 18.2 Å². The summed E-state index contributed by atoms with van der Waals surface area (Å²) in [6.45, 7) is 3.64. The maximum absolute atomic E-state index is 12.8. The summed E-state index contributed by atoms with van der Waals surface area (Å²) < 4.78 is 38.8. The number of alkyl halides is 3. The molecule has 1 N–H and O–H groups in total. The molecule has 0 atom stereocenters. The summed E-state index contributed by atoms with van der Waals surface area (Å²) in [6, 6.07) is 5.49. The first-order valence-corrected chi connectivity index (χ1v) is 7.26. The molecule has 0 unspecified atom stereocenters. The summed E-state index contributed by atoms with van der Waals surface area (Å²) in [6.07, 6.45) is -4.69. The second-order valence-electron chi connectivity index (χ2n) is 4.84. The van der Waals surface area contributed by atoms with E-state index in [2.05, 4.69) is 20.6 Å². The highest BCUT2D eigenvalue weighted by Gasteiger charge is 2.38. The van der Waals surface area contributed by atoms with Gasteiger partial charge in [0.25, 0.3) is 11.7 Å². The molecule has 23 heavy (non-hydrogen) atoms. The molecule has 0 bridgehead atoms.